The van der Waals surface area contributed by atoms with E-state index in [9.17, 15) is 4.79 Å². The summed E-state index contributed by atoms with van der Waals surface area (Å²) in [4.78, 5) is 12.4. The Morgan fingerprint density at radius 2 is 1.95 bits per heavy atom. The molecule has 1 aromatic rings. The molecule has 5 nitrogen and oxygen atoms in total. The van der Waals surface area contributed by atoms with Crippen molar-refractivity contribution in [2.24, 2.45) is 16.8 Å². The van der Waals surface area contributed by atoms with Crippen LogP contribution in [0.25, 0.3) is 0 Å². The van der Waals surface area contributed by atoms with E-state index in [1.165, 1.54) is 0 Å². The van der Waals surface area contributed by atoms with Crippen molar-refractivity contribution >= 4 is 27.7 Å². The number of nitrogens with zero attached hydrogens (tertiary/aromatic N) is 1. The van der Waals surface area contributed by atoms with E-state index < -0.39 is 5.54 Å². The maximum atomic E-state index is 12.4. The number of benzene rings is 1. The molecule has 0 spiro atoms. The average molecular weight is 354 g/mol. The average Bonchev–Trinajstić information content (AvgIpc) is 2.49. The van der Waals surface area contributed by atoms with Crippen LogP contribution >= 0.6 is 15.9 Å². The number of amides is 1. The summed E-state index contributed by atoms with van der Waals surface area (Å²) in [5, 5.41) is 15.2. The number of amidine groups is 1. The number of carbonyl (C=O) groups is 1. The van der Waals surface area contributed by atoms with Crippen LogP contribution in [0.1, 0.15) is 43.0 Å². The van der Waals surface area contributed by atoms with Gasteiger partial charge in [0.25, 0.3) is 5.91 Å². The normalized spacial score (nSPS) is 26.4. The molecule has 0 radical (unpaired) electrons. The Kier molecular flexibility index (Phi) is 4.88. The third kappa shape index (κ3) is 3.56. The highest BCUT2D eigenvalue weighted by Gasteiger charge is 2.39. The van der Waals surface area contributed by atoms with Crippen molar-refractivity contribution in [1.82, 2.24) is 5.32 Å². The number of halogens is 1. The zero-order valence-electron chi connectivity index (χ0n) is 12.0. The molecule has 1 aliphatic carbocycles. The van der Waals surface area contributed by atoms with Gasteiger partial charge in [0, 0.05) is 10.0 Å². The molecular weight excluding hydrogens is 334 g/mol. The van der Waals surface area contributed by atoms with Crippen molar-refractivity contribution in [3.8, 4) is 0 Å². The quantitative estimate of drug-likeness (QED) is 0.338. The van der Waals surface area contributed by atoms with E-state index in [0.717, 1.165) is 17.3 Å². The zero-order valence-corrected chi connectivity index (χ0v) is 13.6. The van der Waals surface area contributed by atoms with Gasteiger partial charge in [0.15, 0.2) is 5.84 Å². The largest absolute Gasteiger partial charge is 0.409 e. The molecule has 4 N–H and O–H groups in total. The number of hydrogen-bond acceptors (Lipinski definition) is 3. The first kappa shape index (κ1) is 15.8. The number of nitrogens with two attached hydrogens (primary N) is 1. The van der Waals surface area contributed by atoms with Gasteiger partial charge in [-0.1, -0.05) is 28.0 Å². The van der Waals surface area contributed by atoms with Crippen LogP contribution in [0.5, 0.6) is 0 Å². The highest BCUT2D eigenvalue weighted by atomic mass is 79.9. The van der Waals surface area contributed by atoms with Crippen LogP contribution in [-0.4, -0.2) is 22.5 Å². The predicted molar refractivity (Wildman–Crippen MR) is 85.4 cm³/mol. The number of rotatable bonds is 3. The molecule has 1 saturated carbocycles. The van der Waals surface area contributed by atoms with Crippen molar-refractivity contribution < 1.29 is 10.0 Å². The molecule has 0 aliphatic heterocycles. The number of nitrogens with one attached hydrogen (secondary N) is 1. The molecule has 6 heteroatoms. The van der Waals surface area contributed by atoms with E-state index in [1.807, 2.05) is 12.1 Å². The lowest BCUT2D eigenvalue weighted by molar-refractivity contribution is 0.0897. The Morgan fingerprint density at radius 3 is 2.48 bits per heavy atom. The third-order valence-electron chi connectivity index (χ3n) is 4.19. The minimum absolute atomic E-state index is 0.0832. The molecule has 2 rings (SSSR count). The van der Waals surface area contributed by atoms with Gasteiger partial charge < -0.3 is 16.3 Å². The first-order chi connectivity index (χ1) is 9.97. The van der Waals surface area contributed by atoms with Crippen molar-refractivity contribution in [2.45, 2.75) is 38.1 Å². The maximum absolute atomic E-state index is 12.4. The van der Waals surface area contributed by atoms with Crippen molar-refractivity contribution in [1.29, 1.82) is 0 Å². The van der Waals surface area contributed by atoms with Crippen molar-refractivity contribution in [3.05, 3.63) is 34.3 Å². The molecule has 114 valence electrons. The topological polar surface area (TPSA) is 87.7 Å². The highest BCUT2D eigenvalue weighted by Crippen LogP contribution is 2.32. The molecule has 0 heterocycles. The molecular formula is C15H20BrN3O2. The summed E-state index contributed by atoms with van der Waals surface area (Å²) in [6.45, 7) is 2.17. The molecule has 1 aromatic carbocycles. The minimum Gasteiger partial charge on any atom is -0.409 e. The molecule has 0 aromatic heterocycles. The number of oxime groups is 1. The van der Waals surface area contributed by atoms with Gasteiger partial charge in [-0.3, -0.25) is 4.79 Å². The van der Waals surface area contributed by atoms with E-state index in [2.05, 4.69) is 33.3 Å². The lowest BCUT2D eigenvalue weighted by Crippen LogP contribution is -2.59. The van der Waals surface area contributed by atoms with E-state index in [4.69, 9.17) is 10.9 Å². The summed E-state index contributed by atoms with van der Waals surface area (Å²) in [5.74, 6) is 0.470. The van der Waals surface area contributed by atoms with Gasteiger partial charge in [0.1, 0.15) is 5.54 Å². The highest BCUT2D eigenvalue weighted by molar-refractivity contribution is 9.10. The van der Waals surface area contributed by atoms with Crippen LogP contribution in [0.2, 0.25) is 0 Å². The first-order valence-corrected chi connectivity index (χ1v) is 7.82. The van der Waals surface area contributed by atoms with Crippen molar-refractivity contribution in [3.63, 3.8) is 0 Å². The number of carbonyl (C=O) groups excluding carboxylic acids is 1. The molecule has 0 saturated heterocycles. The van der Waals surface area contributed by atoms with Gasteiger partial charge in [0.2, 0.25) is 0 Å². The second kappa shape index (κ2) is 6.47. The lowest BCUT2D eigenvalue weighted by atomic mass is 9.76. The van der Waals surface area contributed by atoms with Crippen LogP contribution in [0.4, 0.5) is 0 Å². The van der Waals surface area contributed by atoms with Gasteiger partial charge in [-0.2, -0.15) is 0 Å². The van der Waals surface area contributed by atoms with E-state index >= 15 is 0 Å². The molecule has 0 atom stereocenters. The smallest absolute Gasteiger partial charge is 0.252 e. The third-order valence-corrected chi connectivity index (χ3v) is 4.71. The second-order valence-electron chi connectivity index (χ2n) is 5.71. The fourth-order valence-corrected chi connectivity index (χ4v) is 2.95. The Morgan fingerprint density at radius 1 is 1.38 bits per heavy atom. The fraction of sp³-hybridized carbons (Fsp3) is 0.467. The summed E-state index contributed by atoms with van der Waals surface area (Å²) in [6.07, 6.45) is 3.26. The summed E-state index contributed by atoms with van der Waals surface area (Å²) < 4.78 is 0.914. The number of hydrogen-bond donors (Lipinski definition) is 3. The summed E-state index contributed by atoms with van der Waals surface area (Å²) in [5.41, 5.74) is 5.67. The Labute approximate surface area is 132 Å². The first-order valence-electron chi connectivity index (χ1n) is 7.03. The van der Waals surface area contributed by atoms with Crippen molar-refractivity contribution in [2.75, 3.05) is 0 Å². The van der Waals surface area contributed by atoms with Crippen LogP contribution in [0, 0.1) is 5.92 Å². The van der Waals surface area contributed by atoms with Gasteiger partial charge >= 0.3 is 0 Å². The zero-order chi connectivity index (χ0) is 15.5. The fourth-order valence-electron chi connectivity index (χ4n) is 2.69. The van der Waals surface area contributed by atoms with Crippen LogP contribution in [-0.2, 0) is 0 Å². The van der Waals surface area contributed by atoms with Gasteiger partial charge in [-0.15, -0.1) is 0 Å². The second-order valence-corrected chi connectivity index (χ2v) is 6.63. The summed E-state index contributed by atoms with van der Waals surface area (Å²) >= 11 is 3.34. The van der Waals surface area contributed by atoms with Crippen LogP contribution in [0.15, 0.2) is 33.9 Å². The Balaban J connectivity index is 2.19. The lowest BCUT2D eigenvalue weighted by Gasteiger charge is -2.39. The summed E-state index contributed by atoms with van der Waals surface area (Å²) in [6, 6.07) is 7.11. The minimum atomic E-state index is -0.745. The monoisotopic (exact) mass is 353 g/mol. The van der Waals surface area contributed by atoms with Gasteiger partial charge in [-0.25, -0.2) is 0 Å². The van der Waals surface area contributed by atoms with Crippen LogP contribution in [0.3, 0.4) is 0 Å². The van der Waals surface area contributed by atoms with E-state index in [-0.39, 0.29) is 11.7 Å². The Hall–Kier alpha value is -1.56. The van der Waals surface area contributed by atoms with Gasteiger partial charge in [-0.05, 0) is 55.9 Å². The summed E-state index contributed by atoms with van der Waals surface area (Å²) in [7, 11) is 0. The molecule has 0 unspecified atom stereocenters. The maximum Gasteiger partial charge on any atom is 0.252 e. The van der Waals surface area contributed by atoms with E-state index in [0.29, 0.717) is 24.3 Å². The molecule has 0 bridgehead atoms. The molecule has 1 fully saturated rings. The SMILES string of the molecule is CC1CCC(NC(=O)c2ccc(Br)cc2)(/C(N)=N/O)CC1. The van der Waals surface area contributed by atoms with E-state index in [1.54, 1.807) is 12.1 Å². The predicted octanol–water partition coefficient (Wildman–Crippen LogP) is 2.87. The van der Waals surface area contributed by atoms with Crippen LogP contribution < -0.4 is 11.1 Å². The standard InChI is InChI=1S/C15H20BrN3O2/c1-10-6-8-15(9-7-10,14(17)19-21)18-13(20)11-2-4-12(16)5-3-11/h2-5,10,21H,6-9H2,1H3,(H2,17,19)(H,18,20). The molecule has 21 heavy (non-hydrogen) atoms. The Bertz CT molecular complexity index is 534. The van der Waals surface area contributed by atoms with Gasteiger partial charge in [0.05, 0.1) is 0 Å². The molecule has 1 amide bonds. The molecule has 1 aliphatic rings.